The first-order chi connectivity index (χ1) is 19.5. The van der Waals surface area contributed by atoms with Gasteiger partial charge in [-0.05, 0) is 67.8 Å². The van der Waals surface area contributed by atoms with Crippen LogP contribution in [0.5, 0.6) is 0 Å². The summed E-state index contributed by atoms with van der Waals surface area (Å²) >= 11 is 12.7. The number of amides is 1. The second-order valence-electron chi connectivity index (χ2n) is 10.5. The van der Waals surface area contributed by atoms with Crippen LogP contribution in [0.1, 0.15) is 43.9 Å². The second-order valence-corrected chi connectivity index (χ2v) is 11.3. The van der Waals surface area contributed by atoms with Gasteiger partial charge in [-0.15, -0.1) is 0 Å². The number of benzene rings is 3. The topological polar surface area (TPSA) is 93.7 Å². The molecular formula is C32H30Cl2N2O5. The summed E-state index contributed by atoms with van der Waals surface area (Å²) in [6.45, 7) is 5.53. The zero-order valence-electron chi connectivity index (χ0n) is 22.9. The summed E-state index contributed by atoms with van der Waals surface area (Å²) in [5.41, 5.74) is 3.31. The highest BCUT2D eigenvalue weighted by Gasteiger charge is 2.30. The van der Waals surface area contributed by atoms with Gasteiger partial charge in [0.25, 0.3) is 0 Å². The van der Waals surface area contributed by atoms with Crippen LogP contribution in [-0.2, 0) is 30.5 Å². The third-order valence-electron chi connectivity index (χ3n) is 5.94. The molecule has 7 nitrogen and oxygen atoms in total. The van der Waals surface area contributed by atoms with Crippen LogP contribution < -0.4 is 10.6 Å². The van der Waals surface area contributed by atoms with E-state index in [-0.39, 0.29) is 13.0 Å². The number of esters is 2. The molecule has 4 rings (SSSR count). The fraction of sp³-hybridized carbons (Fsp3) is 0.219. The molecule has 1 amide bonds. The summed E-state index contributed by atoms with van der Waals surface area (Å²) in [4.78, 5) is 37.9. The lowest BCUT2D eigenvalue weighted by molar-refractivity contribution is -0.148. The summed E-state index contributed by atoms with van der Waals surface area (Å²) < 4.78 is 10.8. The number of halogens is 2. The molecular weight excluding hydrogens is 563 g/mol. The quantitative estimate of drug-likeness (QED) is 0.221. The van der Waals surface area contributed by atoms with Crippen LogP contribution in [0, 0.1) is 0 Å². The Morgan fingerprint density at radius 2 is 1.73 bits per heavy atom. The minimum absolute atomic E-state index is 0.128. The maximum Gasteiger partial charge on any atom is 0.331 e. The van der Waals surface area contributed by atoms with Gasteiger partial charge < -0.3 is 20.1 Å². The van der Waals surface area contributed by atoms with Crippen LogP contribution >= 0.6 is 23.2 Å². The van der Waals surface area contributed by atoms with Gasteiger partial charge >= 0.3 is 11.9 Å². The van der Waals surface area contributed by atoms with E-state index < -0.39 is 29.5 Å². The summed E-state index contributed by atoms with van der Waals surface area (Å²) in [5, 5.41) is 6.73. The van der Waals surface area contributed by atoms with Crippen molar-refractivity contribution in [2.24, 2.45) is 0 Å². The average Bonchev–Trinajstić information content (AvgIpc) is 2.90. The molecule has 1 unspecified atom stereocenters. The lowest BCUT2D eigenvalue weighted by atomic mass is 9.91. The van der Waals surface area contributed by atoms with E-state index in [2.05, 4.69) is 10.6 Å². The highest BCUT2D eigenvalue weighted by Crippen LogP contribution is 2.40. The molecule has 0 bridgehead atoms. The first-order valence-electron chi connectivity index (χ1n) is 13.0. The third-order valence-corrected chi connectivity index (χ3v) is 6.46. The number of rotatable bonds is 7. The number of anilines is 2. The van der Waals surface area contributed by atoms with Crippen LogP contribution in [0.25, 0.3) is 11.6 Å². The largest absolute Gasteiger partial charge is 0.459 e. The monoisotopic (exact) mass is 592 g/mol. The third kappa shape index (κ3) is 8.71. The Bertz CT molecular complexity index is 1490. The van der Waals surface area contributed by atoms with Gasteiger partial charge in [0.15, 0.2) is 0 Å². The Morgan fingerprint density at radius 3 is 2.41 bits per heavy atom. The smallest absolute Gasteiger partial charge is 0.331 e. The molecule has 9 heteroatoms. The lowest BCUT2D eigenvalue weighted by Gasteiger charge is -2.28. The zero-order chi connectivity index (χ0) is 29.6. The molecule has 212 valence electrons. The Hall–Kier alpha value is -4.07. The number of nitrogens with one attached hydrogen (secondary N) is 2. The molecule has 2 N–H and O–H groups in total. The molecule has 0 fully saturated rings. The van der Waals surface area contributed by atoms with Gasteiger partial charge in [0.05, 0.1) is 5.02 Å². The van der Waals surface area contributed by atoms with Crippen molar-refractivity contribution in [2.75, 3.05) is 10.6 Å². The number of fused-ring (bicyclic) bond motifs is 1. The molecule has 0 spiro atoms. The van der Waals surface area contributed by atoms with E-state index in [1.807, 2.05) is 30.3 Å². The standard InChI is InChI=1S/C32H30Cl2N2O5/c1-32(2,3)41-29(38)14-11-20-9-12-24(13-10-20)35-28(37)16-22-15-27(31(39)40-19-21-7-5-4-6-8-21)36-26-18-23(33)17-25(34)30(22)26/h4-14,16-18,27,36H,15,19H2,1-3H3,(H,35,37)/b14-11?,22-16+. The summed E-state index contributed by atoms with van der Waals surface area (Å²) in [5.74, 6) is -1.30. The van der Waals surface area contributed by atoms with E-state index in [1.165, 1.54) is 12.2 Å². The predicted octanol–water partition coefficient (Wildman–Crippen LogP) is 7.30. The van der Waals surface area contributed by atoms with Crippen molar-refractivity contribution in [3.05, 3.63) is 106 Å². The molecule has 1 atom stereocenters. The molecule has 1 aliphatic heterocycles. The van der Waals surface area contributed by atoms with E-state index in [4.69, 9.17) is 32.7 Å². The first-order valence-corrected chi connectivity index (χ1v) is 13.7. The van der Waals surface area contributed by atoms with E-state index in [0.717, 1.165) is 11.1 Å². The number of ether oxygens (including phenoxy) is 2. The van der Waals surface area contributed by atoms with Crippen molar-refractivity contribution in [1.29, 1.82) is 0 Å². The van der Waals surface area contributed by atoms with Crippen molar-refractivity contribution >= 4 is 64.1 Å². The summed E-state index contributed by atoms with van der Waals surface area (Å²) in [7, 11) is 0. The van der Waals surface area contributed by atoms with Crippen molar-refractivity contribution < 1.29 is 23.9 Å². The van der Waals surface area contributed by atoms with Gasteiger partial charge in [0.2, 0.25) is 5.91 Å². The van der Waals surface area contributed by atoms with Crippen molar-refractivity contribution in [3.8, 4) is 0 Å². The Kier molecular flexibility index (Phi) is 9.53. The molecule has 0 radical (unpaired) electrons. The van der Waals surface area contributed by atoms with Crippen LogP contribution in [0.15, 0.2) is 78.9 Å². The zero-order valence-corrected chi connectivity index (χ0v) is 24.4. The van der Waals surface area contributed by atoms with Gasteiger partial charge in [-0.25, -0.2) is 9.59 Å². The summed E-state index contributed by atoms with van der Waals surface area (Å²) in [6.07, 6.45) is 4.60. The predicted molar refractivity (Wildman–Crippen MR) is 163 cm³/mol. The van der Waals surface area contributed by atoms with Crippen LogP contribution in [0.4, 0.5) is 11.4 Å². The van der Waals surface area contributed by atoms with E-state index in [9.17, 15) is 14.4 Å². The van der Waals surface area contributed by atoms with Gasteiger partial charge in [-0.2, -0.15) is 0 Å². The highest BCUT2D eigenvalue weighted by molar-refractivity contribution is 6.36. The van der Waals surface area contributed by atoms with E-state index in [1.54, 1.807) is 63.2 Å². The molecule has 1 aliphatic rings. The maximum atomic E-state index is 13.0. The molecule has 3 aromatic carbocycles. The minimum atomic E-state index is -0.740. The fourth-order valence-electron chi connectivity index (χ4n) is 4.19. The fourth-order valence-corrected chi connectivity index (χ4v) is 4.81. The van der Waals surface area contributed by atoms with Crippen molar-refractivity contribution in [3.63, 3.8) is 0 Å². The number of carbonyl (C=O) groups is 3. The first kappa shape index (κ1) is 29.9. The SMILES string of the molecule is CC(C)(C)OC(=O)C=Cc1ccc(NC(=O)/C=C2\CC(C(=O)OCc3ccccc3)Nc3cc(Cl)cc(Cl)c32)cc1. The Morgan fingerprint density at radius 1 is 1.02 bits per heavy atom. The number of carbonyl (C=O) groups excluding carboxylic acids is 3. The van der Waals surface area contributed by atoms with E-state index in [0.29, 0.717) is 32.6 Å². The van der Waals surface area contributed by atoms with Gasteiger partial charge in [0, 0.05) is 40.5 Å². The van der Waals surface area contributed by atoms with Crippen LogP contribution in [-0.4, -0.2) is 29.5 Å². The lowest BCUT2D eigenvalue weighted by Crippen LogP contribution is -2.35. The van der Waals surface area contributed by atoms with Crippen molar-refractivity contribution in [2.45, 2.75) is 45.4 Å². The second kappa shape index (κ2) is 13.1. The molecule has 41 heavy (non-hydrogen) atoms. The molecule has 1 heterocycles. The maximum absolute atomic E-state index is 13.0. The average molecular weight is 594 g/mol. The summed E-state index contributed by atoms with van der Waals surface area (Å²) in [6, 6.07) is 18.9. The Labute approximate surface area is 249 Å². The minimum Gasteiger partial charge on any atom is -0.459 e. The van der Waals surface area contributed by atoms with Gasteiger partial charge in [-0.3, -0.25) is 4.79 Å². The van der Waals surface area contributed by atoms with Crippen LogP contribution in [0.3, 0.4) is 0 Å². The van der Waals surface area contributed by atoms with Crippen molar-refractivity contribution in [1.82, 2.24) is 0 Å². The molecule has 3 aromatic rings. The van der Waals surface area contributed by atoms with Gasteiger partial charge in [0.1, 0.15) is 18.2 Å². The molecule has 0 aromatic heterocycles. The highest BCUT2D eigenvalue weighted by atomic mass is 35.5. The number of hydrogen-bond acceptors (Lipinski definition) is 6. The molecule has 0 saturated carbocycles. The molecule has 0 saturated heterocycles. The van der Waals surface area contributed by atoms with Crippen LogP contribution in [0.2, 0.25) is 10.0 Å². The van der Waals surface area contributed by atoms with Gasteiger partial charge in [-0.1, -0.05) is 65.7 Å². The Balaban J connectivity index is 1.47. The normalized spacial score (nSPS) is 15.6. The number of hydrogen-bond donors (Lipinski definition) is 2. The van der Waals surface area contributed by atoms with E-state index >= 15 is 0 Å². The molecule has 0 aliphatic carbocycles.